The Hall–Kier alpha value is -3.88. The summed E-state index contributed by atoms with van der Waals surface area (Å²) in [7, 11) is 0. The average molecular weight is 498 g/mol. The quantitative estimate of drug-likeness (QED) is 0.224. The minimum atomic E-state index is 1.09. The zero-order valence-electron chi connectivity index (χ0n) is 18.4. The molecule has 34 heavy (non-hydrogen) atoms. The topological polar surface area (TPSA) is 4.93 Å². The maximum absolute atomic E-state index is 3.70. The van der Waals surface area contributed by atoms with Crippen LogP contribution in [0.25, 0.3) is 60.2 Å². The Morgan fingerprint density at radius 3 is 1.97 bits per heavy atom. The molecule has 0 fully saturated rings. The predicted molar refractivity (Wildman–Crippen MR) is 149 cm³/mol. The van der Waals surface area contributed by atoms with E-state index in [2.05, 4.69) is 142 Å². The molecule has 0 aliphatic heterocycles. The lowest BCUT2D eigenvalue weighted by molar-refractivity contribution is 1.20. The third-order valence-corrected chi connectivity index (χ3v) is 7.31. The molecule has 0 unspecified atom stereocenters. The minimum absolute atomic E-state index is 1.09. The SMILES string of the molecule is Brc1ccc2c(c1)c1cc(-c3ccc4ccccc4c3)ccc1n2-c1cccc2ccccc12. The Labute approximate surface area is 206 Å². The molecule has 0 saturated carbocycles. The van der Waals surface area contributed by atoms with Crippen LogP contribution in [-0.2, 0) is 0 Å². The summed E-state index contributed by atoms with van der Waals surface area (Å²) in [6.07, 6.45) is 0. The lowest BCUT2D eigenvalue weighted by Crippen LogP contribution is -1.95. The van der Waals surface area contributed by atoms with E-state index in [9.17, 15) is 0 Å². The molecular formula is C32H20BrN. The number of hydrogen-bond acceptors (Lipinski definition) is 0. The van der Waals surface area contributed by atoms with Gasteiger partial charge in [0, 0.05) is 20.6 Å². The van der Waals surface area contributed by atoms with Gasteiger partial charge in [0.15, 0.2) is 0 Å². The Morgan fingerprint density at radius 2 is 1.09 bits per heavy atom. The fourth-order valence-electron chi connectivity index (χ4n) is 5.21. The number of aromatic nitrogens is 1. The third-order valence-electron chi connectivity index (χ3n) is 6.82. The van der Waals surface area contributed by atoms with E-state index in [0.717, 1.165) is 4.47 Å². The maximum Gasteiger partial charge on any atom is 0.0542 e. The molecule has 1 nitrogen and oxygen atoms in total. The molecule has 6 aromatic carbocycles. The molecule has 2 heteroatoms. The molecule has 0 radical (unpaired) electrons. The molecule has 0 saturated heterocycles. The van der Waals surface area contributed by atoms with E-state index in [0.29, 0.717) is 0 Å². The van der Waals surface area contributed by atoms with Crippen LogP contribution in [0.3, 0.4) is 0 Å². The highest BCUT2D eigenvalue weighted by Crippen LogP contribution is 2.38. The van der Waals surface area contributed by atoms with Crippen molar-refractivity contribution in [2.75, 3.05) is 0 Å². The molecule has 7 aromatic rings. The molecule has 0 N–H and O–H groups in total. The highest BCUT2D eigenvalue weighted by molar-refractivity contribution is 9.10. The van der Waals surface area contributed by atoms with Crippen LogP contribution in [0, 0.1) is 0 Å². The van der Waals surface area contributed by atoms with Gasteiger partial charge in [0.05, 0.1) is 16.7 Å². The molecule has 0 amide bonds. The van der Waals surface area contributed by atoms with Gasteiger partial charge in [-0.1, -0.05) is 94.8 Å². The second kappa shape index (κ2) is 7.58. The zero-order chi connectivity index (χ0) is 22.6. The van der Waals surface area contributed by atoms with Gasteiger partial charge in [-0.2, -0.15) is 0 Å². The van der Waals surface area contributed by atoms with Gasteiger partial charge >= 0.3 is 0 Å². The van der Waals surface area contributed by atoms with Crippen LogP contribution < -0.4 is 0 Å². The zero-order valence-corrected chi connectivity index (χ0v) is 20.0. The van der Waals surface area contributed by atoms with Crippen molar-refractivity contribution in [2.24, 2.45) is 0 Å². The number of nitrogens with zero attached hydrogens (tertiary/aromatic N) is 1. The fourth-order valence-corrected chi connectivity index (χ4v) is 5.57. The van der Waals surface area contributed by atoms with E-state index in [4.69, 9.17) is 0 Å². The van der Waals surface area contributed by atoms with Crippen molar-refractivity contribution in [3.8, 4) is 16.8 Å². The fraction of sp³-hybridized carbons (Fsp3) is 0. The molecule has 160 valence electrons. The molecule has 0 aliphatic rings. The second-order valence-corrected chi connectivity index (χ2v) is 9.70. The monoisotopic (exact) mass is 497 g/mol. The summed E-state index contributed by atoms with van der Waals surface area (Å²) < 4.78 is 3.50. The van der Waals surface area contributed by atoms with Gasteiger partial charge in [0.2, 0.25) is 0 Å². The van der Waals surface area contributed by atoms with Crippen molar-refractivity contribution in [1.29, 1.82) is 0 Å². The molecule has 0 spiro atoms. The predicted octanol–water partition coefficient (Wildman–Crippen LogP) is 9.52. The highest BCUT2D eigenvalue weighted by Gasteiger charge is 2.15. The molecule has 7 rings (SSSR count). The Kier molecular flexibility index (Phi) is 4.36. The van der Waals surface area contributed by atoms with E-state index in [-0.39, 0.29) is 0 Å². The molecule has 0 bridgehead atoms. The van der Waals surface area contributed by atoms with Gasteiger partial charge in [-0.25, -0.2) is 0 Å². The lowest BCUT2D eigenvalue weighted by atomic mass is 9.99. The molecule has 1 aromatic heterocycles. The van der Waals surface area contributed by atoms with Crippen LogP contribution in [0.1, 0.15) is 0 Å². The largest absolute Gasteiger partial charge is 0.309 e. The summed E-state index contributed by atoms with van der Waals surface area (Å²) >= 11 is 3.70. The summed E-state index contributed by atoms with van der Waals surface area (Å²) in [5.41, 5.74) is 6.11. The highest BCUT2D eigenvalue weighted by atomic mass is 79.9. The van der Waals surface area contributed by atoms with Crippen LogP contribution in [-0.4, -0.2) is 4.57 Å². The average Bonchev–Trinajstić information content (AvgIpc) is 3.20. The number of halogens is 1. The van der Waals surface area contributed by atoms with Gasteiger partial charge < -0.3 is 4.57 Å². The number of benzene rings is 6. The summed E-state index contributed by atoms with van der Waals surface area (Å²) in [6.45, 7) is 0. The molecule has 0 aliphatic carbocycles. The Balaban J connectivity index is 1.54. The smallest absolute Gasteiger partial charge is 0.0542 e. The molecular weight excluding hydrogens is 478 g/mol. The minimum Gasteiger partial charge on any atom is -0.309 e. The number of fused-ring (bicyclic) bond motifs is 5. The van der Waals surface area contributed by atoms with Gasteiger partial charge in [-0.05, 0) is 69.8 Å². The third kappa shape index (κ3) is 2.99. The first kappa shape index (κ1) is 19.6. The van der Waals surface area contributed by atoms with E-state index in [1.54, 1.807) is 0 Å². The standard InChI is InChI=1S/C32H20BrN/c33-26-15-17-32-29(20-26)28-19-25(24-13-12-21-6-1-2-8-23(21)18-24)14-16-31(28)34(32)30-11-5-9-22-7-3-4-10-27(22)30/h1-20H. The van der Waals surface area contributed by atoms with Crippen molar-refractivity contribution in [3.63, 3.8) is 0 Å². The van der Waals surface area contributed by atoms with Crippen LogP contribution >= 0.6 is 15.9 Å². The van der Waals surface area contributed by atoms with E-state index >= 15 is 0 Å². The summed E-state index contributed by atoms with van der Waals surface area (Å²) in [4.78, 5) is 0. The van der Waals surface area contributed by atoms with E-state index in [1.165, 1.54) is 60.2 Å². The van der Waals surface area contributed by atoms with Gasteiger partial charge in [0.25, 0.3) is 0 Å². The molecule has 0 atom stereocenters. The first-order chi connectivity index (χ1) is 16.8. The van der Waals surface area contributed by atoms with Crippen LogP contribution in [0.15, 0.2) is 126 Å². The van der Waals surface area contributed by atoms with Crippen LogP contribution in [0.2, 0.25) is 0 Å². The molecule has 1 heterocycles. The van der Waals surface area contributed by atoms with Gasteiger partial charge in [0.1, 0.15) is 0 Å². The van der Waals surface area contributed by atoms with Crippen molar-refractivity contribution < 1.29 is 0 Å². The normalized spacial score (nSPS) is 11.7. The number of rotatable bonds is 2. The summed E-state index contributed by atoms with van der Waals surface area (Å²) in [5.74, 6) is 0. The van der Waals surface area contributed by atoms with Crippen molar-refractivity contribution in [1.82, 2.24) is 4.57 Å². The summed E-state index contributed by atoms with van der Waals surface area (Å²) in [5, 5.41) is 7.55. The van der Waals surface area contributed by atoms with Crippen molar-refractivity contribution in [3.05, 3.63) is 126 Å². The Bertz CT molecular complexity index is 1870. The van der Waals surface area contributed by atoms with Crippen molar-refractivity contribution >= 4 is 59.3 Å². The van der Waals surface area contributed by atoms with E-state index < -0.39 is 0 Å². The van der Waals surface area contributed by atoms with E-state index in [1.807, 2.05) is 0 Å². The van der Waals surface area contributed by atoms with Crippen LogP contribution in [0.4, 0.5) is 0 Å². The van der Waals surface area contributed by atoms with Crippen LogP contribution in [0.5, 0.6) is 0 Å². The first-order valence-electron chi connectivity index (χ1n) is 11.5. The maximum atomic E-state index is 3.70. The second-order valence-electron chi connectivity index (χ2n) is 8.79. The lowest BCUT2D eigenvalue weighted by Gasteiger charge is -2.12. The first-order valence-corrected chi connectivity index (χ1v) is 12.3. The number of hydrogen-bond donors (Lipinski definition) is 0. The van der Waals surface area contributed by atoms with Crippen molar-refractivity contribution in [2.45, 2.75) is 0 Å². The Morgan fingerprint density at radius 1 is 0.441 bits per heavy atom. The van der Waals surface area contributed by atoms with Gasteiger partial charge in [-0.15, -0.1) is 0 Å². The summed E-state index contributed by atoms with van der Waals surface area (Å²) in [6, 6.07) is 43.9. The van der Waals surface area contributed by atoms with Gasteiger partial charge in [-0.3, -0.25) is 0 Å².